The predicted octanol–water partition coefficient (Wildman–Crippen LogP) is 5.39. The van der Waals surface area contributed by atoms with Crippen LogP contribution >= 0.6 is 11.6 Å². The Morgan fingerprint density at radius 2 is 1.55 bits per heavy atom. The molecule has 0 aliphatic heterocycles. The minimum absolute atomic E-state index is 0.238. The Labute approximate surface area is 172 Å². The maximum Gasteiger partial charge on any atom is 0.417 e. The molecule has 0 spiro atoms. The molecule has 3 aromatic carbocycles. The minimum Gasteiger partial charge on any atom is -0.410 e. The number of benzene rings is 3. The fourth-order valence-corrected chi connectivity index (χ4v) is 3.10. The van der Waals surface area contributed by atoms with Crippen molar-refractivity contribution in [2.45, 2.75) is 0 Å². The van der Waals surface area contributed by atoms with Crippen LogP contribution in [-0.4, -0.2) is 15.9 Å². The van der Waals surface area contributed by atoms with Crippen LogP contribution in [0.1, 0.15) is 0 Å². The van der Waals surface area contributed by atoms with Crippen molar-refractivity contribution in [1.29, 1.82) is 0 Å². The van der Waals surface area contributed by atoms with Gasteiger partial charge in [0.2, 0.25) is 0 Å². The molecule has 7 heteroatoms. The van der Waals surface area contributed by atoms with Gasteiger partial charge in [0.15, 0.2) is 5.82 Å². The van der Waals surface area contributed by atoms with Crippen molar-refractivity contribution >= 4 is 29.2 Å². The second-order valence-electron chi connectivity index (χ2n) is 6.17. The molecule has 3 N–H and O–H groups in total. The Balaban J connectivity index is 1.75. The average molecular weight is 405 g/mol. The highest BCUT2D eigenvalue weighted by Crippen LogP contribution is 2.35. The molecule has 0 saturated carbocycles. The molecule has 0 radical (unpaired) electrons. The van der Waals surface area contributed by atoms with E-state index < -0.39 is 6.09 Å². The molecular formula is C22H17ClN4O2. The highest BCUT2D eigenvalue weighted by molar-refractivity contribution is 6.32. The van der Waals surface area contributed by atoms with Crippen LogP contribution in [0, 0.1) is 0 Å². The van der Waals surface area contributed by atoms with Gasteiger partial charge in [0.1, 0.15) is 17.1 Å². The molecule has 0 unspecified atom stereocenters. The van der Waals surface area contributed by atoms with Crippen LogP contribution in [0.3, 0.4) is 0 Å². The number of ether oxygens (including phenoxy) is 1. The summed E-state index contributed by atoms with van der Waals surface area (Å²) >= 11 is 6.32. The van der Waals surface area contributed by atoms with Crippen LogP contribution in [0.2, 0.25) is 5.02 Å². The van der Waals surface area contributed by atoms with Crippen molar-refractivity contribution in [2.24, 2.45) is 0 Å². The molecule has 0 aliphatic carbocycles. The molecule has 0 saturated heterocycles. The number of nitrogens with zero attached hydrogens (tertiary/aromatic N) is 2. The van der Waals surface area contributed by atoms with Crippen LogP contribution in [0.25, 0.3) is 16.9 Å². The lowest BCUT2D eigenvalue weighted by molar-refractivity contribution is 0.215. The van der Waals surface area contributed by atoms with Crippen LogP contribution in [-0.2, 0) is 0 Å². The normalized spacial score (nSPS) is 10.5. The number of nitrogens with one attached hydrogen (secondary N) is 1. The second kappa shape index (κ2) is 8.08. The van der Waals surface area contributed by atoms with Gasteiger partial charge in [0, 0.05) is 5.56 Å². The lowest BCUT2D eigenvalue weighted by atomic mass is 10.1. The molecule has 0 atom stereocenters. The molecule has 144 valence electrons. The van der Waals surface area contributed by atoms with E-state index in [0.717, 1.165) is 5.56 Å². The van der Waals surface area contributed by atoms with E-state index in [2.05, 4.69) is 10.4 Å². The highest BCUT2D eigenvalue weighted by atomic mass is 35.5. The number of nitrogens with two attached hydrogens (primary N) is 1. The molecule has 0 bridgehead atoms. The summed E-state index contributed by atoms with van der Waals surface area (Å²) in [5.74, 6) is 0.658. The SMILES string of the molecule is Nc1c(NC(=O)Oc2ccccc2)c(-c2ccccc2)nn1-c1ccccc1Cl. The molecule has 4 rings (SSSR count). The molecule has 6 nitrogen and oxygen atoms in total. The Hall–Kier alpha value is -3.77. The van der Waals surface area contributed by atoms with E-state index in [0.29, 0.717) is 27.8 Å². The standard InChI is InChI=1S/C22H17ClN4O2/c23-17-13-7-8-14-18(17)27-21(24)20(19(26-27)15-9-3-1-4-10-15)25-22(28)29-16-11-5-2-6-12-16/h1-14H,24H2,(H,25,28). The number of hydrogen-bond acceptors (Lipinski definition) is 4. The topological polar surface area (TPSA) is 82.2 Å². The van der Waals surface area contributed by atoms with Gasteiger partial charge in [0.05, 0.1) is 10.7 Å². The molecular weight excluding hydrogens is 388 g/mol. The molecule has 1 aromatic heterocycles. The van der Waals surface area contributed by atoms with Gasteiger partial charge in [-0.05, 0) is 24.3 Å². The van der Waals surface area contributed by atoms with Crippen molar-refractivity contribution < 1.29 is 9.53 Å². The van der Waals surface area contributed by atoms with Gasteiger partial charge in [-0.2, -0.15) is 5.10 Å². The van der Waals surface area contributed by atoms with Crippen LogP contribution in [0.4, 0.5) is 16.3 Å². The zero-order valence-corrected chi connectivity index (χ0v) is 16.0. The Morgan fingerprint density at radius 3 is 2.24 bits per heavy atom. The quantitative estimate of drug-likeness (QED) is 0.478. The molecule has 1 amide bonds. The monoisotopic (exact) mass is 404 g/mol. The maximum absolute atomic E-state index is 12.5. The summed E-state index contributed by atoms with van der Waals surface area (Å²) < 4.78 is 6.84. The van der Waals surface area contributed by atoms with E-state index in [4.69, 9.17) is 22.1 Å². The molecule has 4 aromatic rings. The van der Waals surface area contributed by atoms with Crippen molar-refractivity contribution in [3.8, 4) is 22.7 Å². The Morgan fingerprint density at radius 1 is 0.931 bits per heavy atom. The van der Waals surface area contributed by atoms with Gasteiger partial charge in [-0.25, -0.2) is 9.48 Å². The first kappa shape index (κ1) is 18.6. The molecule has 0 fully saturated rings. The molecule has 1 heterocycles. The number of carbonyl (C=O) groups is 1. The summed E-state index contributed by atoms with van der Waals surface area (Å²) in [5, 5.41) is 7.82. The summed E-state index contributed by atoms with van der Waals surface area (Å²) in [7, 11) is 0. The minimum atomic E-state index is -0.668. The Kier molecular flexibility index (Phi) is 5.18. The first-order valence-electron chi connectivity index (χ1n) is 8.86. The van der Waals surface area contributed by atoms with E-state index in [1.165, 1.54) is 4.68 Å². The highest BCUT2D eigenvalue weighted by Gasteiger charge is 2.21. The lowest BCUT2D eigenvalue weighted by Crippen LogP contribution is -2.18. The van der Waals surface area contributed by atoms with E-state index in [-0.39, 0.29) is 5.82 Å². The summed E-state index contributed by atoms with van der Waals surface area (Å²) in [6.45, 7) is 0. The summed E-state index contributed by atoms with van der Waals surface area (Å²) in [4.78, 5) is 12.5. The van der Waals surface area contributed by atoms with Crippen molar-refractivity contribution in [1.82, 2.24) is 9.78 Å². The number of hydrogen-bond donors (Lipinski definition) is 2. The third-order valence-electron chi connectivity index (χ3n) is 4.23. The zero-order valence-electron chi connectivity index (χ0n) is 15.2. The number of carbonyl (C=O) groups excluding carboxylic acids is 1. The number of rotatable bonds is 4. The van der Waals surface area contributed by atoms with Crippen LogP contribution < -0.4 is 15.8 Å². The zero-order chi connectivity index (χ0) is 20.2. The second-order valence-corrected chi connectivity index (χ2v) is 6.57. The van der Waals surface area contributed by atoms with Crippen LogP contribution in [0.5, 0.6) is 5.75 Å². The molecule has 29 heavy (non-hydrogen) atoms. The molecule has 0 aliphatic rings. The number of nitrogen functional groups attached to an aromatic ring is 1. The summed E-state index contributed by atoms with van der Waals surface area (Å²) in [6, 6.07) is 25.4. The lowest BCUT2D eigenvalue weighted by Gasteiger charge is -2.08. The van der Waals surface area contributed by atoms with Crippen molar-refractivity contribution in [2.75, 3.05) is 11.1 Å². The van der Waals surface area contributed by atoms with Gasteiger partial charge in [-0.15, -0.1) is 0 Å². The van der Waals surface area contributed by atoms with Gasteiger partial charge < -0.3 is 10.5 Å². The first-order valence-corrected chi connectivity index (χ1v) is 9.24. The van der Waals surface area contributed by atoms with E-state index in [9.17, 15) is 4.79 Å². The van der Waals surface area contributed by atoms with Crippen molar-refractivity contribution in [3.63, 3.8) is 0 Å². The Bertz CT molecular complexity index is 1140. The third-order valence-corrected chi connectivity index (χ3v) is 4.55. The van der Waals surface area contributed by atoms with Gasteiger partial charge in [-0.3, -0.25) is 5.32 Å². The number of amides is 1. The maximum atomic E-state index is 12.5. The number of para-hydroxylation sites is 2. The average Bonchev–Trinajstić information content (AvgIpc) is 3.06. The van der Waals surface area contributed by atoms with Crippen molar-refractivity contribution in [3.05, 3.63) is 90.0 Å². The van der Waals surface area contributed by atoms with Gasteiger partial charge in [0.25, 0.3) is 0 Å². The third kappa shape index (κ3) is 3.93. The summed E-state index contributed by atoms with van der Waals surface area (Å²) in [6.07, 6.45) is -0.668. The smallest absolute Gasteiger partial charge is 0.410 e. The number of anilines is 2. The number of halogens is 1. The van der Waals surface area contributed by atoms with Gasteiger partial charge in [-0.1, -0.05) is 72.3 Å². The van der Waals surface area contributed by atoms with Gasteiger partial charge >= 0.3 is 6.09 Å². The predicted molar refractivity (Wildman–Crippen MR) is 115 cm³/mol. The van der Waals surface area contributed by atoms with Crippen LogP contribution in [0.15, 0.2) is 84.9 Å². The number of aromatic nitrogens is 2. The first-order chi connectivity index (χ1) is 14.1. The fraction of sp³-hybridized carbons (Fsp3) is 0. The van der Waals surface area contributed by atoms with E-state index in [1.54, 1.807) is 36.4 Å². The fourth-order valence-electron chi connectivity index (χ4n) is 2.88. The van der Waals surface area contributed by atoms with E-state index in [1.807, 2.05) is 48.5 Å². The largest absolute Gasteiger partial charge is 0.417 e. The summed E-state index contributed by atoms with van der Waals surface area (Å²) in [5.41, 5.74) is 8.60. The van der Waals surface area contributed by atoms with E-state index >= 15 is 0 Å².